The number of nitrogens with zero attached hydrogens (tertiary/aromatic N) is 1. The van der Waals surface area contributed by atoms with Gasteiger partial charge in [-0.15, -0.1) is 0 Å². The van der Waals surface area contributed by atoms with E-state index in [1.807, 2.05) is 0 Å². The monoisotopic (exact) mass is 234 g/mol. The molecule has 1 amide bonds. The normalized spacial score (nSPS) is 32.9. The van der Waals surface area contributed by atoms with E-state index < -0.39 is 24.9 Å². The summed E-state index contributed by atoms with van der Waals surface area (Å²) in [6.07, 6.45) is 0.384. The number of carbonyl (C=O) groups is 1. The molecule has 2 rings (SSSR count). The van der Waals surface area contributed by atoms with Crippen LogP contribution in [0.4, 0.5) is 8.78 Å². The van der Waals surface area contributed by atoms with Crippen molar-refractivity contribution in [2.75, 3.05) is 26.8 Å². The van der Waals surface area contributed by atoms with E-state index in [1.165, 1.54) is 4.90 Å². The molecular weight excluding hydrogens is 218 g/mol. The van der Waals surface area contributed by atoms with Crippen molar-refractivity contribution < 1.29 is 18.3 Å². The first kappa shape index (κ1) is 11.7. The number of hydrogen-bond acceptors (Lipinski definition) is 3. The molecule has 92 valence electrons. The number of ether oxygens (including phenoxy) is 1. The summed E-state index contributed by atoms with van der Waals surface area (Å²) in [4.78, 5) is 13.4. The number of halogens is 2. The highest BCUT2D eigenvalue weighted by Crippen LogP contribution is 2.26. The Kier molecular flexibility index (Phi) is 3.12. The molecular formula is C10H16F2N2O2. The van der Waals surface area contributed by atoms with E-state index >= 15 is 0 Å². The van der Waals surface area contributed by atoms with Gasteiger partial charge in [0.2, 0.25) is 5.91 Å². The molecule has 6 heteroatoms. The zero-order valence-electron chi connectivity index (χ0n) is 9.21. The maximum absolute atomic E-state index is 12.9. The van der Waals surface area contributed by atoms with Crippen molar-refractivity contribution in [2.45, 2.75) is 30.8 Å². The first-order valence-corrected chi connectivity index (χ1v) is 5.45. The predicted molar refractivity (Wildman–Crippen MR) is 53.3 cm³/mol. The van der Waals surface area contributed by atoms with Gasteiger partial charge in [-0.05, 0) is 6.42 Å². The van der Waals surface area contributed by atoms with Crippen molar-refractivity contribution in [1.82, 2.24) is 10.2 Å². The van der Waals surface area contributed by atoms with E-state index in [2.05, 4.69) is 5.32 Å². The van der Waals surface area contributed by atoms with E-state index in [4.69, 9.17) is 4.74 Å². The van der Waals surface area contributed by atoms with Crippen LogP contribution in [-0.2, 0) is 9.53 Å². The van der Waals surface area contributed by atoms with Gasteiger partial charge < -0.3 is 9.64 Å². The molecule has 0 radical (unpaired) electrons. The molecule has 0 aliphatic carbocycles. The molecule has 4 nitrogen and oxygen atoms in total. The Morgan fingerprint density at radius 2 is 2.31 bits per heavy atom. The van der Waals surface area contributed by atoms with Gasteiger partial charge in [0.1, 0.15) is 0 Å². The summed E-state index contributed by atoms with van der Waals surface area (Å²) in [5.41, 5.74) is 0. The fourth-order valence-corrected chi connectivity index (χ4v) is 2.14. The standard InChI is InChI=1S/C10H16F2N2O2/c1-14(7-2-3-16-5-7)9(15)8-4-10(11,12)6-13-8/h7-8,13H,2-6H2,1H3. The van der Waals surface area contributed by atoms with Crippen molar-refractivity contribution in [2.24, 2.45) is 0 Å². The average molecular weight is 234 g/mol. The second kappa shape index (κ2) is 4.25. The van der Waals surface area contributed by atoms with Crippen LogP contribution >= 0.6 is 0 Å². The first-order valence-electron chi connectivity index (χ1n) is 5.45. The lowest BCUT2D eigenvalue weighted by atomic mass is 10.1. The molecule has 2 aliphatic heterocycles. The molecule has 0 aromatic heterocycles. The van der Waals surface area contributed by atoms with Crippen LogP contribution in [0.1, 0.15) is 12.8 Å². The van der Waals surface area contributed by atoms with Gasteiger partial charge in [0.25, 0.3) is 5.92 Å². The summed E-state index contributed by atoms with van der Waals surface area (Å²) in [7, 11) is 1.65. The lowest BCUT2D eigenvalue weighted by molar-refractivity contribution is -0.134. The van der Waals surface area contributed by atoms with E-state index in [0.717, 1.165) is 6.42 Å². The Morgan fingerprint density at radius 1 is 1.56 bits per heavy atom. The molecule has 0 bridgehead atoms. The average Bonchev–Trinajstić information content (AvgIpc) is 2.84. The largest absolute Gasteiger partial charge is 0.379 e. The van der Waals surface area contributed by atoms with Gasteiger partial charge in [-0.3, -0.25) is 10.1 Å². The van der Waals surface area contributed by atoms with Gasteiger partial charge in [0, 0.05) is 20.1 Å². The number of hydrogen-bond donors (Lipinski definition) is 1. The van der Waals surface area contributed by atoms with Crippen LogP contribution in [0.25, 0.3) is 0 Å². The van der Waals surface area contributed by atoms with Gasteiger partial charge in [0.05, 0.1) is 25.2 Å². The fraction of sp³-hybridized carbons (Fsp3) is 0.900. The quantitative estimate of drug-likeness (QED) is 0.743. The lowest BCUT2D eigenvalue weighted by Gasteiger charge is -2.26. The smallest absolute Gasteiger partial charge is 0.262 e. The molecule has 2 aliphatic rings. The fourth-order valence-electron chi connectivity index (χ4n) is 2.14. The highest BCUT2D eigenvalue weighted by molar-refractivity contribution is 5.82. The zero-order chi connectivity index (χ0) is 11.8. The van der Waals surface area contributed by atoms with Crippen molar-refractivity contribution in [3.63, 3.8) is 0 Å². The number of rotatable bonds is 2. The molecule has 1 N–H and O–H groups in total. The summed E-state index contributed by atoms with van der Waals surface area (Å²) in [5.74, 6) is -3.01. The summed E-state index contributed by atoms with van der Waals surface area (Å²) in [6, 6.07) is -0.718. The van der Waals surface area contributed by atoms with Crippen molar-refractivity contribution in [3.05, 3.63) is 0 Å². The topological polar surface area (TPSA) is 41.6 Å². The number of amides is 1. The Balaban J connectivity index is 1.92. The van der Waals surface area contributed by atoms with Crippen LogP contribution in [0.2, 0.25) is 0 Å². The molecule has 0 aromatic rings. The van der Waals surface area contributed by atoms with Crippen LogP contribution in [0.3, 0.4) is 0 Å². The van der Waals surface area contributed by atoms with Crippen molar-refractivity contribution in [3.8, 4) is 0 Å². The Morgan fingerprint density at radius 3 is 2.81 bits per heavy atom. The van der Waals surface area contributed by atoms with E-state index in [-0.39, 0.29) is 11.9 Å². The Bertz CT molecular complexity index is 276. The van der Waals surface area contributed by atoms with Crippen molar-refractivity contribution in [1.29, 1.82) is 0 Å². The van der Waals surface area contributed by atoms with E-state index in [0.29, 0.717) is 13.2 Å². The Labute approximate surface area is 92.9 Å². The summed E-state index contributed by atoms with van der Waals surface area (Å²) < 4.78 is 31.0. The minimum Gasteiger partial charge on any atom is -0.379 e. The zero-order valence-corrected chi connectivity index (χ0v) is 9.21. The SMILES string of the molecule is CN(C(=O)C1CC(F)(F)CN1)C1CCOC1. The molecule has 2 fully saturated rings. The highest BCUT2D eigenvalue weighted by Gasteiger charge is 2.44. The summed E-state index contributed by atoms with van der Waals surface area (Å²) >= 11 is 0. The molecule has 0 spiro atoms. The third-order valence-corrected chi connectivity index (χ3v) is 3.21. The number of nitrogens with one attached hydrogen (secondary N) is 1. The number of alkyl halides is 2. The Hall–Kier alpha value is -0.750. The van der Waals surface area contributed by atoms with Gasteiger partial charge >= 0.3 is 0 Å². The third-order valence-electron chi connectivity index (χ3n) is 3.21. The predicted octanol–water partition coefficient (Wildman–Crippen LogP) is 0.231. The van der Waals surface area contributed by atoms with Crippen LogP contribution in [0.15, 0.2) is 0 Å². The molecule has 2 atom stereocenters. The second-order valence-electron chi connectivity index (χ2n) is 4.46. The third kappa shape index (κ3) is 2.32. The molecule has 16 heavy (non-hydrogen) atoms. The number of carbonyl (C=O) groups excluding carboxylic acids is 1. The summed E-state index contributed by atoms with van der Waals surface area (Å²) in [5, 5.41) is 2.57. The van der Waals surface area contributed by atoms with E-state index in [1.54, 1.807) is 7.05 Å². The number of likely N-dealkylation sites (N-methyl/N-ethyl adjacent to an activating group) is 1. The van der Waals surface area contributed by atoms with E-state index in [9.17, 15) is 13.6 Å². The van der Waals surface area contributed by atoms with Gasteiger partial charge in [-0.1, -0.05) is 0 Å². The van der Waals surface area contributed by atoms with Gasteiger partial charge in [0.15, 0.2) is 0 Å². The highest BCUT2D eigenvalue weighted by atomic mass is 19.3. The lowest BCUT2D eigenvalue weighted by Crippen LogP contribution is -2.46. The minimum absolute atomic E-state index is 0.0310. The van der Waals surface area contributed by atoms with Crippen LogP contribution < -0.4 is 5.32 Å². The molecule has 0 aromatic carbocycles. The maximum atomic E-state index is 12.9. The van der Waals surface area contributed by atoms with Crippen LogP contribution in [-0.4, -0.2) is 55.6 Å². The molecule has 2 heterocycles. The molecule has 2 saturated heterocycles. The van der Waals surface area contributed by atoms with Crippen LogP contribution in [0.5, 0.6) is 0 Å². The molecule has 0 saturated carbocycles. The second-order valence-corrected chi connectivity index (χ2v) is 4.46. The molecule has 2 unspecified atom stereocenters. The summed E-state index contributed by atoms with van der Waals surface area (Å²) in [6.45, 7) is 0.736. The van der Waals surface area contributed by atoms with Crippen molar-refractivity contribution >= 4 is 5.91 Å². The maximum Gasteiger partial charge on any atom is 0.262 e. The van der Waals surface area contributed by atoms with Crippen LogP contribution in [0, 0.1) is 0 Å². The minimum atomic E-state index is -2.76. The van der Waals surface area contributed by atoms with Gasteiger partial charge in [-0.2, -0.15) is 0 Å². The first-order chi connectivity index (χ1) is 7.49. The van der Waals surface area contributed by atoms with Gasteiger partial charge in [-0.25, -0.2) is 8.78 Å².